The first-order chi connectivity index (χ1) is 4.70. The summed E-state index contributed by atoms with van der Waals surface area (Å²) >= 11 is 0. The number of primary amides is 1. The molecule has 0 saturated heterocycles. The molecule has 0 radical (unpaired) electrons. The lowest BCUT2D eigenvalue weighted by molar-refractivity contribution is -0.604. The fraction of sp³-hybridized carbons (Fsp3) is 0.625. The monoisotopic (exact) mass is 212 g/mol. The second-order valence-corrected chi connectivity index (χ2v) is 2.47. The van der Waals surface area contributed by atoms with Gasteiger partial charge in [0.15, 0.2) is 0 Å². The highest BCUT2D eigenvalue weighted by molar-refractivity contribution is 5.61. The topological polar surface area (TPSA) is 33.7 Å². The van der Waals surface area contributed by atoms with E-state index in [2.05, 4.69) is 13.5 Å². The number of carbonyl (C=O) groups excluding carboxylic acids is 1. The highest BCUT2D eigenvalue weighted by Crippen LogP contribution is 1.90. The highest BCUT2D eigenvalue weighted by Gasteiger charge is 2.08. The molecule has 0 aromatic rings. The maximum atomic E-state index is 10.6. The number of hydrogen-bond acceptors (Lipinski definition) is 1. The summed E-state index contributed by atoms with van der Waals surface area (Å²) in [5, 5.41) is 1.77. The summed E-state index contributed by atoms with van der Waals surface area (Å²) in [6, 6.07) is 0.398. The van der Waals surface area contributed by atoms with Crippen molar-refractivity contribution in [1.82, 2.24) is 0 Å². The molecule has 1 atom stereocenters. The number of carbonyl (C=O) groups is 1. The van der Waals surface area contributed by atoms with Gasteiger partial charge in [0.25, 0.3) is 0 Å². The molecule has 4 heteroatoms. The van der Waals surface area contributed by atoms with Crippen molar-refractivity contribution < 1.29 is 34.9 Å². The van der Waals surface area contributed by atoms with E-state index in [0.717, 1.165) is 12.8 Å². The van der Waals surface area contributed by atoms with Crippen molar-refractivity contribution in [3.05, 3.63) is 12.7 Å². The lowest BCUT2D eigenvalue weighted by Gasteiger charge is -2.06. The molecule has 12 heavy (non-hydrogen) atoms. The molecule has 74 valence electrons. The number of hydrogen-bond donors (Lipinski definition) is 1. The van der Waals surface area contributed by atoms with E-state index < -0.39 is 0 Å². The number of quaternary nitrogens is 1. The van der Waals surface area contributed by atoms with Crippen LogP contribution in [0, 0.1) is 0 Å². The summed E-state index contributed by atoms with van der Waals surface area (Å²) in [5.41, 5.74) is 0. The van der Waals surface area contributed by atoms with Crippen molar-refractivity contribution in [2.75, 3.05) is 0 Å². The van der Waals surface area contributed by atoms with Gasteiger partial charge in [-0.3, -0.25) is 5.32 Å². The summed E-state index contributed by atoms with van der Waals surface area (Å²) in [5.74, 6) is 0.161. The third-order valence-electron chi connectivity index (χ3n) is 1.46. The zero-order valence-corrected chi connectivity index (χ0v) is 9.03. The minimum atomic E-state index is 0. The van der Waals surface area contributed by atoms with Crippen LogP contribution in [-0.2, 0) is 4.79 Å². The SMILES string of the molecule is C=CCC(CC)[NH2+]C(C)=O.[Cl-].[Cl-]. The van der Waals surface area contributed by atoms with Gasteiger partial charge in [-0.05, 0) is 6.42 Å². The van der Waals surface area contributed by atoms with Gasteiger partial charge in [-0.25, -0.2) is 4.79 Å². The number of amides is 1. The van der Waals surface area contributed by atoms with Gasteiger partial charge < -0.3 is 24.8 Å². The van der Waals surface area contributed by atoms with E-state index in [-0.39, 0.29) is 30.7 Å². The largest absolute Gasteiger partial charge is 1.00 e. The average Bonchev–Trinajstić information content (AvgIpc) is 1.86. The third kappa shape index (κ3) is 9.95. The maximum absolute atomic E-state index is 10.6. The molecule has 0 aliphatic rings. The first kappa shape index (κ1) is 17.9. The van der Waals surface area contributed by atoms with Crippen molar-refractivity contribution in [1.29, 1.82) is 0 Å². The number of halogens is 2. The zero-order valence-electron chi connectivity index (χ0n) is 7.52. The van der Waals surface area contributed by atoms with Crippen LogP contribution >= 0.6 is 0 Å². The van der Waals surface area contributed by atoms with E-state index in [1.807, 2.05) is 6.08 Å². The molecule has 1 unspecified atom stereocenters. The first-order valence-corrected chi connectivity index (χ1v) is 3.67. The van der Waals surface area contributed by atoms with Crippen LogP contribution in [0.25, 0.3) is 0 Å². The maximum Gasteiger partial charge on any atom is 0.307 e. The molecule has 0 heterocycles. The Bertz CT molecular complexity index is 128. The highest BCUT2D eigenvalue weighted by atomic mass is 35.5. The number of nitrogens with two attached hydrogens (primary N) is 1. The van der Waals surface area contributed by atoms with Gasteiger partial charge in [-0.15, -0.1) is 6.58 Å². The molecule has 2 nitrogen and oxygen atoms in total. The van der Waals surface area contributed by atoms with Crippen LogP contribution in [0.4, 0.5) is 0 Å². The second kappa shape index (κ2) is 11.0. The Morgan fingerprint density at radius 3 is 2.33 bits per heavy atom. The van der Waals surface area contributed by atoms with Gasteiger partial charge in [-0.1, -0.05) is 13.0 Å². The van der Waals surface area contributed by atoms with Crippen LogP contribution in [0.2, 0.25) is 0 Å². The summed E-state index contributed by atoms with van der Waals surface area (Å²) in [7, 11) is 0. The van der Waals surface area contributed by atoms with Gasteiger partial charge in [0.1, 0.15) is 0 Å². The summed E-state index contributed by atoms with van der Waals surface area (Å²) in [6.07, 6.45) is 3.79. The lowest BCUT2D eigenvalue weighted by atomic mass is 10.1. The second-order valence-electron chi connectivity index (χ2n) is 2.47. The van der Waals surface area contributed by atoms with Crippen LogP contribution in [-0.4, -0.2) is 11.9 Å². The van der Waals surface area contributed by atoms with Gasteiger partial charge in [0, 0.05) is 6.42 Å². The van der Waals surface area contributed by atoms with Crippen LogP contribution < -0.4 is 30.1 Å². The van der Waals surface area contributed by atoms with Crippen molar-refractivity contribution in [3.8, 4) is 0 Å². The van der Waals surface area contributed by atoms with Crippen molar-refractivity contribution >= 4 is 5.91 Å². The predicted molar refractivity (Wildman–Crippen MR) is 41.5 cm³/mol. The molecule has 0 aliphatic carbocycles. The Balaban J connectivity index is -0.000000405. The fourth-order valence-corrected chi connectivity index (χ4v) is 0.899. The molecule has 0 aromatic carbocycles. The average molecular weight is 213 g/mol. The van der Waals surface area contributed by atoms with Crippen LogP contribution in [0.15, 0.2) is 12.7 Å². The Hall–Kier alpha value is -0.0500. The van der Waals surface area contributed by atoms with E-state index in [1.54, 1.807) is 12.2 Å². The van der Waals surface area contributed by atoms with Crippen LogP contribution in [0.3, 0.4) is 0 Å². The molecule has 0 rings (SSSR count). The van der Waals surface area contributed by atoms with Crippen molar-refractivity contribution in [2.45, 2.75) is 32.7 Å². The third-order valence-corrected chi connectivity index (χ3v) is 1.46. The Labute approximate surface area is 86.6 Å². The Kier molecular flexibility index (Phi) is 16.3. The first-order valence-electron chi connectivity index (χ1n) is 3.67. The minimum Gasteiger partial charge on any atom is -1.00 e. The molecular formula is C8H16Cl2NO-. The normalized spacial score (nSPS) is 10.5. The molecular weight excluding hydrogens is 197 g/mol. The molecule has 0 aromatic heterocycles. The molecule has 1 amide bonds. The van der Waals surface area contributed by atoms with E-state index in [1.165, 1.54) is 0 Å². The smallest absolute Gasteiger partial charge is 0.307 e. The summed E-state index contributed by atoms with van der Waals surface area (Å²) in [6.45, 7) is 7.29. The molecule has 0 spiro atoms. The molecule has 0 bridgehead atoms. The standard InChI is InChI=1S/C8H15NO.2ClH/c1-4-6-8(5-2)9-7(3)10;;/h4,8H,1,5-6H2,2-3H3,(H,9,10);2*1H/p-1. The fourth-order valence-electron chi connectivity index (χ4n) is 0.899. The van der Waals surface area contributed by atoms with Gasteiger partial charge in [-0.2, -0.15) is 0 Å². The minimum absolute atomic E-state index is 0. The Morgan fingerprint density at radius 2 is 2.08 bits per heavy atom. The predicted octanol–water partition coefficient (Wildman–Crippen LogP) is -5.54. The zero-order chi connectivity index (χ0) is 7.98. The van der Waals surface area contributed by atoms with E-state index in [9.17, 15) is 4.79 Å². The van der Waals surface area contributed by atoms with Gasteiger partial charge in [0.2, 0.25) is 0 Å². The lowest BCUT2D eigenvalue weighted by Crippen LogP contribution is -3.00. The van der Waals surface area contributed by atoms with Crippen molar-refractivity contribution in [2.24, 2.45) is 0 Å². The molecule has 2 N–H and O–H groups in total. The molecule has 0 saturated carbocycles. The van der Waals surface area contributed by atoms with E-state index in [0.29, 0.717) is 6.04 Å². The van der Waals surface area contributed by atoms with E-state index in [4.69, 9.17) is 0 Å². The summed E-state index contributed by atoms with van der Waals surface area (Å²) in [4.78, 5) is 10.6. The summed E-state index contributed by atoms with van der Waals surface area (Å²) < 4.78 is 0. The number of rotatable bonds is 4. The Morgan fingerprint density at radius 1 is 1.58 bits per heavy atom. The van der Waals surface area contributed by atoms with Crippen LogP contribution in [0.5, 0.6) is 0 Å². The molecule has 0 aliphatic heterocycles. The quantitative estimate of drug-likeness (QED) is 0.464. The van der Waals surface area contributed by atoms with Gasteiger partial charge in [0.05, 0.1) is 13.0 Å². The van der Waals surface area contributed by atoms with Crippen molar-refractivity contribution in [3.63, 3.8) is 0 Å². The van der Waals surface area contributed by atoms with Crippen LogP contribution in [0.1, 0.15) is 26.7 Å². The molecule has 0 fully saturated rings. The van der Waals surface area contributed by atoms with E-state index >= 15 is 0 Å². The van der Waals surface area contributed by atoms with Gasteiger partial charge >= 0.3 is 5.91 Å².